The quantitative estimate of drug-likeness (QED) is 0.816. The van der Waals surface area contributed by atoms with E-state index in [1.807, 2.05) is 11.4 Å². The van der Waals surface area contributed by atoms with Crippen LogP contribution in [0.15, 0.2) is 34.1 Å². The average molecular weight is 374 g/mol. The summed E-state index contributed by atoms with van der Waals surface area (Å²) in [5.74, 6) is -0.130. The van der Waals surface area contributed by atoms with Gasteiger partial charge in [-0.2, -0.15) is 0 Å². The fourth-order valence-electron chi connectivity index (χ4n) is 1.83. The molecule has 0 saturated heterocycles. The molecule has 2 N–H and O–H groups in total. The number of carbonyl (C=O) groups excluding carboxylic acids is 1. The van der Waals surface area contributed by atoms with Gasteiger partial charge in [0.15, 0.2) is 0 Å². The molecule has 0 saturated carbocycles. The molecular formula is C14H14BrClN2OS. The highest BCUT2D eigenvalue weighted by atomic mass is 79.9. The van der Waals surface area contributed by atoms with Crippen LogP contribution in [-0.4, -0.2) is 13.0 Å². The molecule has 2 rings (SSSR count). The summed E-state index contributed by atoms with van der Waals surface area (Å²) in [6.45, 7) is 2.06. The second-order valence-electron chi connectivity index (χ2n) is 4.27. The van der Waals surface area contributed by atoms with E-state index in [2.05, 4.69) is 33.5 Å². The van der Waals surface area contributed by atoms with Crippen LogP contribution in [0.25, 0.3) is 0 Å². The number of amides is 1. The van der Waals surface area contributed by atoms with Crippen molar-refractivity contribution in [1.82, 2.24) is 5.32 Å². The molecule has 0 spiro atoms. The first-order chi connectivity index (χ1) is 9.52. The number of anilines is 1. The Labute approximate surface area is 135 Å². The number of hydrogen-bond acceptors (Lipinski definition) is 3. The van der Waals surface area contributed by atoms with Crippen molar-refractivity contribution in [3.8, 4) is 0 Å². The van der Waals surface area contributed by atoms with Crippen LogP contribution >= 0.6 is 38.9 Å². The van der Waals surface area contributed by atoms with Gasteiger partial charge in [-0.25, -0.2) is 0 Å². The Bertz CT molecular complexity index is 629. The van der Waals surface area contributed by atoms with E-state index in [-0.39, 0.29) is 11.9 Å². The van der Waals surface area contributed by atoms with Crippen molar-refractivity contribution in [2.24, 2.45) is 0 Å². The number of halogens is 2. The summed E-state index contributed by atoms with van der Waals surface area (Å²) in [6.07, 6.45) is 0. The summed E-state index contributed by atoms with van der Waals surface area (Å²) in [5.41, 5.74) is 1.33. The van der Waals surface area contributed by atoms with E-state index >= 15 is 0 Å². The third-order valence-electron chi connectivity index (χ3n) is 2.87. The fraction of sp³-hybridized carbons (Fsp3) is 0.214. The Hall–Kier alpha value is -1.04. The molecule has 3 nitrogen and oxygen atoms in total. The zero-order chi connectivity index (χ0) is 14.7. The van der Waals surface area contributed by atoms with Gasteiger partial charge in [0.1, 0.15) is 0 Å². The number of hydrogen-bond donors (Lipinski definition) is 2. The second kappa shape index (κ2) is 6.61. The molecule has 2 aromatic rings. The summed E-state index contributed by atoms with van der Waals surface area (Å²) in [4.78, 5) is 12.8. The van der Waals surface area contributed by atoms with Crippen LogP contribution in [0.3, 0.4) is 0 Å². The first-order valence-electron chi connectivity index (χ1n) is 6.04. The highest BCUT2D eigenvalue weighted by Gasteiger charge is 2.13. The van der Waals surface area contributed by atoms with Crippen LogP contribution in [0.4, 0.5) is 5.69 Å². The normalized spacial score (nSPS) is 12.0. The van der Waals surface area contributed by atoms with Gasteiger partial charge < -0.3 is 10.6 Å². The minimum atomic E-state index is -0.130. The van der Waals surface area contributed by atoms with E-state index in [0.717, 1.165) is 10.2 Å². The molecule has 0 aliphatic carbocycles. The molecular weight excluding hydrogens is 360 g/mol. The van der Waals surface area contributed by atoms with Gasteiger partial charge in [0.25, 0.3) is 5.91 Å². The van der Waals surface area contributed by atoms with E-state index in [1.165, 1.54) is 4.88 Å². The number of thiophene rings is 1. The zero-order valence-electron chi connectivity index (χ0n) is 11.0. The van der Waals surface area contributed by atoms with Crippen molar-refractivity contribution in [2.45, 2.75) is 13.0 Å². The van der Waals surface area contributed by atoms with Crippen LogP contribution < -0.4 is 10.6 Å². The molecule has 20 heavy (non-hydrogen) atoms. The van der Waals surface area contributed by atoms with Gasteiger partial charge in [0.2, 0.25) is 0 Å². The Morgan fingerprint density at radius 3 is 2.75 bits per heavy atom. The Balaban J connectivity index is 2.24. The Morgan fingerprint density at radius 2 is 2.15 bits per heavy atom. The molecule has 0 aliphatic heterocycles. The highest BCUT2D eigenvalue weighted by molar-refractivity contribution is 9.10. The van der Waals surface area contributed by atoms with Gasteiger partial charge in [-0.05, 0) is 52.5 Å². The molecule has 1 heterocycles. The molecule has 1 atom stereocenters. The predicted molar refractivity (Wildman–Crippen MR) is 88.9 cm³/mol. The maximum Gasteiger partial charge on any atom is 0.251 e. The maximum absolute atomic E-state index is 11.7. The van der Waals surface area contributed by atoms with Gasteiger partial charge in [0, 0.05) is 22.0 Å². The standard InChI is InChI=1S/C14H14BrClN2OS/c1-8(13-10(15)5-6-20-13)18-12-7-9(14(19)17-2)3-4-11(12)16/h3-8,18H,1-2H3,(H,17,19). The number of nitrogens with one attached hydrogen (secondary N) is 2. The van der Waals surface area contributed by atoms with Gasteiger partial charge in [-0.1, -0.05) is 11.6 Å². The van der Waals surface area contributed by atoms with E-state index in [4.69, 9.17) is 11.6 Å². The molecule has 0 bridgehead atoms. The average Bonchev–Trinajstić information content (AvgIpc) is 2.86. The highest BCUT2D eigenvalue weighted by Crippen LogP contribution is 2.33. The second-order valence-corrected chi connectivity index (χ2v) is 6.48. The lowest BCUT2D eigenvalue weighted by Crippen LogP contribution is -2.18. The summed E-state index contributed by atoms with van der Waals surface area (Å²) in [7, 11) is 1.61. The molecule has 0 radical (unpaired) electrons. The minimum absolute atomic E-state index is 0.0989. The maximum atomic E-state index is 11.7. The molecule has 0 aliphatic rings. The lowest BCUT2D eigenvalue weighted by molar-refractivity contribution is 0.0963. The van der Waals surface area contributed by atoms with Crippen LogP contribution in [0.5, 0.6) is 0 Å². The molecule has 1 amide bonds. The van der Waals surface area contributed by atoms with Crippen LogP contribution in [0.1, 0.15) is 28.2 Å². The van der Waals surface area contributed by atoms with Crippen molar-refractivity contribution in [2.75, 3.05) is 12.4 Å². The topological polar surface area (TPSA) is 41.1 Å². The Kier molecular flexibility index (Phi) is 5.07. The van der Waals surface area contributed by atoms with E-state index < -0.39 is 0 Å². The predicted octanol–water partition coefficient (Wildman–Crippen LogP) is 4.70. The van der Waals surface area contributed by atoms with Crippen LogP contribution in [-0.2, 0) is 0 Å². The Morgan fingerprint density at radius 1 is 1.40 bits per heavy atom. The van der Waals surface area contributed by atoms with Gasteiger partial charge in [-0.15, -0.1) is 11.3 Å². The SMILES string of the molecule is CNC(=O)c1ccc(Cl)c(NC(C)c2sccc2Br)c1. The molecule has 6 heteroatoms. The number of benzene rings is 1. The molecule has 1 aromatic heterocycles. The van der Waals surface area contributed by atoms with E-state index in [1.54, 1.807) is 36.6 Å². The van der Waals surface area contributed by atoms with Gasteiger partial charge in [0.05, 0.1) is 16.8 Å². The molecule has 106 valence electrons. The molecule has 1 unspecified atom stereocenters. The summed E-state index contributed by atoms with van der Waals surface area (Å²) in [6, 6.07) is 7.31. The third kappa shape index (κ3) is 3.34. The van der Waals surface area contributed by atoms with E-state index in [9.17, 15) is 4.79 Å². The van der Waals surface area contributed by atoms with Gasteiger partial charge >= 0.3 is 0 Å². The number of rotatable bonds is 4. The summed E-state index contributed by atoms with van der Waals surface area (Å²) < 4.78 is 1.07. The first-order valence-corrected chi connectivity index (χ1v) is 8.09. The molecule has 0 fully saturated rings. The van der Waals surface area contributed by atoms with Crippen molar-refractivity contribution < 1.29 is 4.79 Å². The monoisotopic (exact) mass is 372 g/mol. The van der Waals surface area contributed by atoms with Crippen molar-refractivity contribution in [3.63, 3.8) is 0 Å². The lowest BCUT2D eigenvalue weighted by atomic mass is 10.1. The lowest BCUT2D eigenvalue weighted by Gasteiger charge is -2.16. The molecule has 1 aromatic carbocycles. The van der Waals surface area contributed by atoms with Crippen molar-refractivity contribution in [3.05, 3.63) is 49.6 Å². The van der Waals surface area contributed by atoms with Crippen LogP contribution in [0.2, 0.25) is 5.02 Å². The van der Waals surface area contributed by atoms with E-state index in [0.29, 0.717) is 10.6 Å². The van der Waals surface area contributed by atoms with Crippen molar-refractivity contribution in [1.29, 1.82) is 0 Å². The van der Waals surface area contributed by atoms with Crippen molar-refractivity contribution >= 4 is 50.5 Å². The third-order valence-corrected chi connectivity index (χ3v) is 5.25. The minimum Gasteiger partial charge on any atom is -0.376 e. The zero-order valence-corrected chi connectivity index (χ0v) is 14.2. The smallest absolute Gasteiger partial charge is 0.251 e. The van der Waals surface area contributed by atoms with Crippen LogP contribution in [0, 0.1) is 0 Å². The fourth-order valence-corrected chi connectivity index (χ4v) is 3.73. The summed E-state index contributed by atoms with van der Waals surface area (Å²) in [5, 5.41) is 8.57. The largest absolute Gasteiger partial charge is 0.376 e. The van der Waals surface area contributed by atoms with Gasteiger partial charge in [-0.3, -0.25) is 4.79 Å². The number of carbonyl (C=O) groups is 1. The summed E-state index contributed by atoms with van der Waals surface area (Å²) >= 11 is 11.4. The first kappa shape index (κ1) is 15.4.